The molecule has 4 unspecified atom stereocenters. The van der Waals surface area contributed by atoms with Gasteiger partial charge in [-0.25, -0.2) is 0 Å². The van der Waals surface area contributed by atoms with Gasteiger partial charge in [0, 0.05) is 121 Å². The summed E-state index contributed by atoms with van der Waals surface area (Å²) in [5.41, 5.74) is 0. The smallest absolute Gasteiger partial charge is 0.329 e. The van der Waals surface area contributed by atoms with Crippen molar-refractivity contribution in [3.05, 3.63) is 0 Å². The summed E-state index contributed by atoms with van der Waals surface area (Å²) in [4.78, 5) is 163. The summed E-state index contributed by atoms with van der Waals surface area (Å²) in [5.74, 6) is -4.07. The second-order valence-electron chi connectivity index (χ2n) is 26.4. The third-order valence-electron chi connectivity index (χ3n) is 17.3. The fourth-order valence-corrected chi connectivity index (χ4v) is 12.8. The van der Waals surface area contributed by atoms with E-state index in [0.717, 1.165) is 59.6 Å². The van der Waals surface area contributed by atoms with Gasteiger partial charge in [0.25, 0.3) is 0 Å². The fraction of sp³-hybridized carbons (Fsp3) is 0.838. The van der Waals surface area contributed by atoms with Crippen LogP contribution in [0.3, 0.4) is 0 Å². The van der Waals surface area contributed by atoms with Crippen LogP contribution < -0.4 is 26.6 Å². The van der Waals surface area contributed by atoms with Gasteiger partial charge in [-0.2, -0.15) is 0 Å². The standard InChI is InChI=1S/C74H129N8O27PS/c1-4-108-110(95)109-30-15-9-5-6-10-16-61(83)21-31-96-33-35-98-37-39-100-41-43-102-45-47-104-49-51-106-53-54-107-52-50-105-48-46-103-44-42-101-40-38-99-36-34-97-32-26-77-65(85)19-28-82-70(90)58-63(74(82)94)111-55-22-66(86)76-23-12-7-8-13-25-78-71(91)62(79-67(87)20-29-81-69(89)57-60(3)73(81)93)17-11-14-24-75-64(84)18-27-80-68(88)56-59(2)72(80)92/h59-60,62-63,95H,4-58H2,1-3H3,(H,75,84)(H,76,86)(H,77,85)(H,78,91)(H,79,87)/t59?,60?,62-,63?,110?/m1/s1. The molecule has 3 aliphatic rings. The highest BCUT2D eigenvalue weighted by Gasteiger charge is 2.39. The van der Waals surface area contributed by atoms with Crippen molar-refractivity contribution in [3.63, 3.8) is 0 Å². The van der Waals surface area contributed by atoms with Gasteiger partial charge in [-0.05, 0) is 51.9 Å². The molecule has 5 atom stereocenters. The van der Waals surface area contributed by atoms with Crippen LogP contribution in [0, 0.1) is 11.8 Å². The zero-order valence-corrected chi connectivity index (χ0v) is 67.7. The van der Waals surface area contributed by atoms with Gasteiger partial charge < -0.3 is 97.4 Å². The zero-order valence-electron chi connectivity index (χ0n) is 66.0. The van der Waals surface area contributed by atoms with Crippen LogP contribution in [0.25, 0.3) is 0 Å². The molecule has 638 valence electrons. The van der Waals surface area contributed by atoms with E-state index in [-0.39, 0.29) is 150 Å². The molecule has 0 spiro atoms. The molecule has 0 aromatic heterocycles. The lowest BCUT2D eigenvalue weighted by Crippen LogP contribution is -2.47. The minimum atomic E-state index is -1.75. The Hall–Kier alpha value is -5.38. The van der Waals surface area contributed by atoms with Gasteiger partial charge in [0.1, 0.15) is 11.8 Å². The predicted molar refractivity (Wildman–Crippen MR) is 407 cm³/mol. The second-order valence-corrected chi connectivity index (χ2v) is 28.7. The number of Topliss-reactive ketones (excluding diaryl/α,β-unsaturated/α-hetero) is 1. The van der Waals surface area contributed by atoms with Crippen molar-refractivity contribution in [3.8, 4) is 0 Å². The van der Waals surface area contributed by atoms with E-state index in [1.807, 2.05) is 6.92 Å². The molecule has 3 fully saturated rings. The number of amides is 11. The number of hydrogen-bond donors (Lipinski definition) is 6. The first-order chi connectivity index (χ1) is 53.9. The van der Waals surface area contributed by atoms with Crippen LogP contribution >= 0.6 is 20.4 Å². The van der Waals surface area contributed by atoms with E-state index in [2.05, 4.69) is 26.6 Å². The van der Waals surface area contributed by atoms with E-state index < -0.39 is 43.5 Å². The molecule has 37 heteroatoms. The summed E-state index contributed by atoms with van der Waals surface area (Å²) in [6.45, 7) is 17.1. The Bertz CT molecular complexity index is 2630. The summed E-state index contributed by atoms with van der Waals surface area (Å²) in [5, 5.41) is 13.3. The summed E-state index contributed by atoms with van der Waals surface area (Å²) in [6, 6.07) is -0.910. The van der Waals surface area contributed by atoms with Gasteiger partial charge >= 0.3 is 8.60 Å². The first kappa shape index (κ1) is 99.8. The number of imide groups is 3. The Morgan fingerprint density at radius 2 is 0.748 bits per heavy atom. The van der Waals surface area contributed by atoms with E-state index in [1.165, 1.54) is 11.8 Å². The number of carbonyl (C=O) groups is 12. The third-order valence-corrected chi connectivity index (χ3v) is 19.4. The summed E-state index contributed by atoms with van der Waals surface area (Å²) < 4.78 is 76.4. The number of ether oxygens (including phenoxy) is 12. The first-order valence-corrected chi connectivity index (χ1v) is 41.8. The number of ketones is 1. The average molecular weight is 1630 g/mol. The quantitative estimate of drug-likeness (QED) is 0.0289. The molecule has 3 aliphatic heterocycles. The summed E-state index contributed by atoms with van der Waals surface area (Å²) >= 11 is 1.23. The van der Waals surface area contributed by atoms with E-state index in [0.29, 0.717) is 223 Å². The second kappa shape index (κ2) is 66.9. The molecule has 3 saturated heterocycles. The van der Waals surface area contributed by atoms with Crippen LogP contribution in [0.15, 0.2) is 0 Å². The normalized spacial score (nSPS) is 16.4. The number of hydrogen-bond acceptors (Lipinski definition) is 28. The summed E-state index contributed by atoms with van der Waals surface area (Å²) in [6.07, 6.45) is 9.83. The topological polar surface area (TPSA) is 424 Å². The molecular weight excluding hydrogens is 1500 g/mol. The molecule has 0 saturated carbocycles. The van der Waals surface area contributed by atoms with Gasteiger partial charge in [-0.3, -0.25) is 72.2 Å². The van der Waals surface area contributed by atoms with E-state index >= 15 is 0 Å². The Morgan fingerprint density at radius 3 is 1.19 bits per heavy atom. The van der Waals surface area contributed by atoms with Gasteiger partial charge in [0.2, 0.25) is 65.0 Å². The lowest BCUT2D eigenvalue weighted by molar-refractivity contribution is -0.141. The largest absolute Gasteiger partial charge is 0.379 e. The predicted octanol–water partition coefficient (Wildman–Crippen LogP) is 2.65. The van der Waals surface area contributed by atoms with Crippen molar-refractivity contribution in [1.29, 1.82) is 0 Å². The maximum atomic E-state index is 13.3. The molecule has 11 amide bonds. The molecule has 6 N–H and O–H groups in total. The lowest BCUT2D eigenvalue weighted by atomic mass is 10.1. The number of nitrogens with one attached hydrogen (secondary N) is 5. The molecule has 0 aromatic carbocycles. The van der Waals surface area contributed by atoms with Crippen LogP contribution in [0.2, 0.25) is 0 Å². The number of likely N-dealkylation sites (tertiary alicyclic amines) is 3. The molecular formula is C74H129N8O27PS. The van der Waals surface area contributed by atoms with Crippen molar-refractivity contribution in [2.45, 2.75) is 167 Å². The Balaban J connectivity index is 1.02. The minimum Gasteiger partial charge on any atom is -0.379 e. The van der Waals surface area contributed by atoms with Crippen LogP contribution in [0.1, 0.15) is 156 Å². The molecule has 111 heavy (non-hydrogen) atoms. The molecule has 3 rings (SSSR count). The van der Waals surface area contributed by atoms with E-state index in [1.54, 1.807) is 13.8 Å². The van der Waals surface area contributed by atoms with Crippen LogP contribution in [0.4, 0.5) is 0 Å². The first-order valence-electron chi connectivity index (χ1n) is 39.6. The van der Waals surface area contributed by atoms with E-state index in [9.17, 15) is 62.4 Å². The summed E-state index contributed by atoms with van der Waals surface area (Å²) in [7, 11) is -1.75. The van der Waals surface area contributed by atoms with Crippen LogP contribution in [-0.4, -0.2) is 325 Å². The average Bonchev–Trinajstić information content (AvgIpc) is 1.71. The number of carbonyl (C=O) groups excluding carboxylic acids is 12. The SMILES string of the molecule is CCOP(O)OCCCCCCCC(=O)CCOCCOCCOCCOCCOCCOCCOCCOCCOCCOCCOCCOCCNC(=O)CCN1C(=O)CC(SCCC(=O)NCCCCCCNC(=O)[C@@H](CCCCNC(=O)CCN2C(=O)CC(C)C2=O)NC(=O)CCN2C(=O)CC(C)C2=O)C1=O. The fourth-order valence-electron chi connectivity index (χ4n) is 11.1. The Morgan fingerprint density at radius 1 is 0.387 bits per heavy atom. The highest BCUT2D eigenvalue weighted by Crippen LogP contribution is 2.32. The maximum absolute atomic E-state index is 13.3. The molecule has 0 bridgehead atoms. The van der Waals surface area contributed by atoms with Crippen LogP contribution in [-0.2, 0) is 123 Å². The van der Waals surface area contributed by atoms with Crippen molar-refractivity contribution in [1.82, 2.24) is 41.3 Å². The molecule has 3 heterocycles. The van der Waals surface area contributed by atoms with Crippen molar-refractivity contribution in [2.24, 2.45) is 11.8 Å². The molecule has 0 aromatic rings. The Labute approximate surface area is 660 Å². The number of nitrogens with zero attached hydrogens (tertiary/aromatic N) is 3. The highest BCUT2D eigenvalue weighted by atomic mass is 32.2. The minimum absolute atomic E-state index is 0.00680. The molecule has 35 nitrogen and oxygen atoms in total. The lowest BCUT2D eigenvalue weighted by Gasteiger charge is -2.20. The zero-order chi connectivity index (χ0) is 80.6. The van der Waals surface area contributed by atoms with Crippen molar-refractivity contribution >= 4 is 91.1 Å². The third kappa shape index (κ3) is 51.2. The van der Waals surface area contributed by atoms with Crippen molar-refractivity contribution < 1.29 is 128 Å². The maximum Gasteiger partial charge on any atom is 0.329 e. The monoisotopic (exact) mass is 1620 g/mol. The number of rotatable bonds is 77. The molecule has 0 aliphatic carbocycles. The highest BCUT2D eigenvalue weighted by molar-refractivity contribution is 8.00. The molecule has 0 radical (unpaired) electrons. The van der Waals surface area contributed by atoms with Crippen molar-refractivity contribution in [2.75, 3.05) is 223 Å². The van der Waals surface area contributed by atoms with Gasteiger partial charge in [0.15, 0.2) is 0 Å². The van der Waals surface area contributed by atoms with Gasteiger partial charge in [-0.15, -0.1) is 11.8 Å². The van der Waals surface area contributed by atoms with Gasteiger partial charge in [0.05, 0.1) is 177 Å². The van der Waals surface area contributed by atoms with Gasteiger partial charge in [-0.1, -0.05) is 46.0 Å². The number of unbranched alkanes of at least 4 members (excludes halogenated alkanes) is 8. The number of thioether (sulfide) groups is 1. The van der Waals surface area contributed by atoms with Crippen LogP contribution in [0.5, 0.6) is 0 Å². The van der Waals surface area contributed by atoms with E-state index in [4.69, 9.17) is 65.9 Å². The Kier molecular flexibility index (Phi) is 60.1.